The van der Waals surface area contributed by atoms with Crippen molar-refractivity contribution < 1.29 is 4.42 Å². The molecule has 0 N–H and O–H groups in total. The topological polar surface area (TPSA) is 43.1 Å². The summed E-state index contributed by atoms with van der Waals surface area (Å²) in [5, 5.41) is 0.951. The number of thiazole rings is 1. The van der Waals surface area contributed by atoms with E-state index in [1.54, 1.807) is 17.8 Å². The number of rotatable bonds is 6. The van der Waals surface area contributed by atoms with E-state index < -0.39 is 0 Å². The molecule has 0 bridgehead atoms. The molecule has 2 aromatic heterocycles. The Morgan fingerprint density at radius 3 is 2.50 bits per heavy atom. The van der Waals surface area contributed by atoms with E-state index in [9.17, 15) is 4.79 Å². The van der Waals surface area contributed by atoms with Crippen LogP contribution < -0.4 is 5.63 Å². The van der Waals surface area contributed by atoms with Crippen molar-refractivity contribution in [2.24, 2.45) is 11.8 Å². The zero-order valence-corrected chi connectivity index (χ0v) is 18.0. The van der Waals surface area contributed by atoms with Gasteiger partial charge in [-0.2, -0.15) is 0 Å². The van der Waals surface area contributed by atoms with Crippen molar-refractivity contribution >= 4 is 34.1 Å². The molecule has 0 radical (unpaired) electrons. The summed E-state index contributed by atoms with van der Waals surface area (Å²) in [5.74, 6) is 2.52. The fourth-order valence-corrected chi connectivity index (χ4v) is 6.68. The summed E-state index contributed by atoms with van der Waals surface area (Å²) in [6.07, 6.45) is 7.64. The molecule has 0 aliphatic heterocycles. The smallest absolute Gasteiger partial charge is 0.336 e. The third-order valence-corrected chi connectivity index (χ3v) is 8.26. The van der Waals surface area contributed by atoms with Crippen LogP contribution in [0.4, 0.5) is 0 Å². The van der Waals surface area contributed by atoms with E-state index in [2.05, 4.69) is 18.3 Å². The molecular formula is C25H21NO2S2. The third-order valence-electron chi connectivity index (χ3n) is 6.10. The Labute approximate surface area is 183 Å². The van der Waals surface area contributed by atoms with E-state index in [1.165, 1.54) is 30.6 Å². The highest BCUT2D eigenvalue weighted by Gasteiger charge is 2.43. The second-order valence-electron chi connectivity index (χ2n) is 8.33. The number of benzene rings is 2. The molecule has 2 saturated carbocycles. The summed E-state index contributed by atoms with van der Waals surface area (Å²) < 4.78 is 6.61. The molecule has 6 rings (SSSR count). The second-order valence-corrected chi connectivity index (χ2v) is 10.7. The predicted octanol–water partition coefficient (Wildman–Crippen LogP) is 6.97. The molecular weight excluding hydrogens is 410 g/mol. The number of hydrogen-bond acceptors (Lipinski definition) is 5. The molecule has 150 valence electrons. The van der Waals surface area contributed by atoms with Gasteiger partial charge < -0.3 is 4.42 Å². The number of nitrogens with zero attached hydrogens (tertiary/aromatic N) is 1. The van der Waals surface area contributed by atoms with Gasteiger partial charge in [0.15, 0.2) is 4.34 Å². The Hall–Kier alpha value is -2.37. The van der Waals surface area contributed by atoms with E-state index in [1.807, 2.05) is 47.7 Å². The van der Waals surface area contributed by atoms with E-state index >= 15 is 0 Å². The Balaban J connectivity index is 1.31. The maximum absolute atomic E-state index is 12.2. The normalized spacial score (nSPS) is 16.4. The van der Waals surface area contributed by atoms with Gasteiger partial charge in [0.2, 0.25) is 0 Å². The van der Waals surface area contributed by atoms with Gasteiger partial charge in [-0.05, 0) is 66.8 Å². The lowest BCUT2D eigenvalue weighted by Gasteiger charge is -2.11. The molecule has 0 amide bonds. The summed E-state index contributed by atoms with van der Waals surface area (Å²) in [6, 6.07) is 17.7. The lowest BCUT2D eigenvalue weighted by atomic mass is 9.97. The number of aromatic nitrogens is 1. The van der Waals surface area contributed by atoms with Crippen LogP contribution in [-0.4, -0.2) is 4.98 Å². The van der Waals surface area contributed by atoms with Crippen LogP contribution in [0, 0.1) is 11.8 Å². The molecule has 2 aliphatic rings. The van der Waals surface area contributed by atoms with Gasteiger partial charge in [0.1, 0.15) is 5.58 Å². The van der Waals surface area contributed by atoms with Crippen molar-refractivity contribution in [3.63, 3.8) is 0 Å². The van der Waals surface area contributed by atoms with Crippen LogP contribution in [0.5, 0.6) is 0 Å². The molecule has 2 heterocycles. The maximum atomic E-state index is 12.2. The van der Waals surface area contributed by atoms with Crippen LogP contribution in [-0.2, 0) is 0 Å². The number of hydrogen-bond donors (Lipinski definition) is 0. The minimum Gasteiger partial charge on any atom is -0.423 e. The SMILES string of the molecule is O=c1cc(-c2ccccc2)c2ccc(Sc3ncc(C(C4CC4)C4CC4)s3)cc2o1. The van der Waals surface area contributed by atoms with Gasteiger partial charge in [0.05, 0.1) is 0 Å². The summed E-state index contributed by atoms with van der Waals surface area (Å²) in [4.78, 5) is 19.4. The van der Waals surface area contributed by atoms with E-state index in [-0.39, 0.29) is 5.63 Å². The highest BCUT2D eigenvalue weighted by molar-refractivity contribution is 8.01. The van der Waals surface area contributed by atoms with Crippen LogP contribution in [0.15, 0.2) is 79.2 Å². The Bertz CT molecular complexity index is 1260. The van der Waals surface area contributed by atoms with Crippen molar-refractivity contribution in [3.8, 4) is 11.1 Å². The molecule has 2 aliphatic carbocycles. The maximum Gasteiger partial charge on any atom is 0.336 e. The molecule has 30 heavy (non-hydrogen) atoms. The van der Waals surface area contributed by atoms with Crippen molar-refractivity contribution in [2.75, 3.05) is 0 Å². The lowest BCUT2D eigenvalue weighted by Crippen LogP contribution is -2.00. The summed E-state index contributed by atoms with van der Waals surface area (Å²) >= 11 is 3.50. The minimum absolute atomic E-state index is 0.322. The molecule has 2 fully saturated rings. The summed E-state index contributed by atoms with van der Waals surface area (Å²) in [7, 11) is 0. The lowest BCUT2D eigenvalue weighted by molar-refractivity contribution is 0.546. The molecule has 4 aromatic rings. The van der Waals surface area contributed by atoms with Gasteiger partial charge >= 0.3 is 5.63 Å². The molecule has 0 saturated heterocycles. The van der Waals surface area contributed by atoms with Crippen LogP contribution in [0.1, 0.15) is 36.5 Å². The van der Waals surface area contributed by atoms with Gasteiger partial charge in [0.25, 0.3) is 0 Å². The van der Waals surface area contributed by atoms with Crippen molar-refractivity contribution in [1.82, 2.24) is 4.98 Å². The fraction of sp³-hybridized carbons (Fsp3) is 0.280. The van der Waals surface area contributed by atoms with Gasteiger partial charge in [-0.3, -0.25) is 0 Å². The van der Waals surface area contributed by atoms with E-state index in [4.69, 9.17) is 9.40 Å². The molecule has 0 atom stereocenters. The fourth-order valence-electron chi connectivity index (χ4n) is 4.40. The molecule has 3 nitrogen and oxygen atoms in total. The summed E-state index contributed by atoms with van der Waals surface area (Å²) in [6.45, 7) is 0. The van der Waals surface area contributed by atoms with Crippen LogP contribution in [0.3, 0.4) is 0 Å². The van der Waals surface area contributed by atoms with Gasteiger partial charge in [0, 0.05) is 33.3 Å². The Morgan fingerprint density at radius 1 is 1.00 bits per heavy atom. The Morgan fingerprint density at radius 2 is 1.77 bits per heavy atom. The zero-order chi connectivity index (χ0) is 20.1. The summed E-state index contributed by atoms with van der Waals surface area (Å²) in [5.41, 5.74) is 2.23. The molecule has 0 spiro atoms. The zero-order valence-electron chi connectivity index (χ0n) is 16.4. The Kier molecular flexibility index (Phi) is 4.54. The highest BCUT2D eigenvalue weighted by atomic mass is 32.2. The van der Waals surface area contributed by atoms with Gasteiger partial charge in [-0.25, -0.2) is 9.78 Å². The minimum atomic E-state index is -0.322. The molecule has 0 unspecified atom stereocenters. The third kappa shape index (κ3) is 3.61. The first-order valence-electron chi connectivity index (χ1n) is 10.5. The second kappa shape index (κ2) is 7.40. The highest BCUT2D eigenvalue weighted by Crippen LogP contribution is 2.56. The average Bonchev–Trinajstić information content (AvgIpc) is 3.69. The largest absolute Gasteiger partial charge is 0.423 e. The van der Waals surface area contributed by atoms with Crippen molar-refractivity contribution in [2.45, 2.75) is 40.8 Å². The van der Waals surface area contributed by atoms with Crippen molar-refractivity contribution in [1.29, 1.82) is 0 Å². The quantitative estimate of drug-likeness (QED) is 0.309. The first-order valence-corrected chi connectivity index (χ1v) is 12.1. The average molecular weight is 432 g/mol. The van der Waals surface area contributed by atoms with Crippen LogP contribution in [0.25, 0.3) is 22.1 Å². The number of fused-ring (bicyclic) bond motifs is 1. The van der Waals surface area contributed by atoms with Gasteiger partial charge in [-0.1, -0.05) is 42.1 Å². The van der Waals surface area contributed by atoms with Gasteiger partial charge in [-0.15, -0.1) is 11.3 Å². The van der Waals surface area contributed by atoms with E-state index in [0.717, 1.165) is 43.5 Å². The predicted molar refractivity (Wildman–Crippen MR) is 122 cm³/mol. The van der Waals surface area contributed by atoms with E-state index in [0.29, 0.717) is 5.58 Å². The first kappa shape index (κ1) is 18.4. The van der Waals surface area contributed by atoms with Crippen molar-refractivity contribution in [3.05, 3.63) is 76.1 Å². The first-order chi connectivity index (χ1) is 14.7. The van der Waals surface area contributed by atoms with Crippen LogP contribution >= 0.6 is 23.1 Å². The molecule has 5 heteroatoms. The van der Waals surface area contributed by atoms with Crippen LogP contribution in [0.2, 0.25) is 0 Å². The monoisotopic (exact) mass is 431 g/mol. The molecule has 2 aromatic carbocycles. The standard InChI is InChI=1S/C25H21NO2S2/c27-23-13-20(15-4-2-1-3-5-15)19-11-10-18(12-21(19)28-23)29-25-26-14-22(30-25)24(16-6-7-16)17-8-9-17/h1-5,10-14,16-17,24H,6-9H2.